The number of rotatable bonds is 7. The van der Waals surface area contributed by atoms with Gasteiger partial charge >= 0.3 is 0 Å². The molecule has 0 saturated carbocycles. The molecule has 0 bridgehead atoms. The van der Waals surface area contributed by atoms with Gasteiger partial charge < -0.3 is 4.57 Å². The van der Waals surface area contributed by atoms with Crippen LogP contribution < -0.4 is 0 Å². The summed E-state index contributed by atoms with van der Waals surface area (Å²) in [4.78, 5) is 0. The van der Waals surface area contributed by atoms with Crippen LogP contribution in [-0.4, -0.2) is 4.57 Å². The second-order valence-corrected chi connectivity index (χ2v) is 10.5. The molecule has 0 aliphatic carbocycles. The number of aromatic nitrogens is 1. The minimum Gasteiger partial charge on any atom is -0.347 e. The van der Waals surface area contributed by atoms with E-state index in [1.165, 1.54) is 39.2 Å². The van der Waals surface area contributed by atoms with Gasteiger partial charge in [-0.3, -0.25) is 0 Å². The normalized spacial score (nSPS) is 12.7. The summed E-state index contributed by atoms with van der Waals surface area (Å²) < 4.78 is 2.50. The number of benzene rings is 3. The molecule has 1 aromatic heterocycles. The van der Waals surface area contributed by atoms with Crippen molar-refractivity contribution in [3.63, 3.8) is 0 Å². The molecule has 1 heteroatoms. The predicted octanol–water partition coefficient (Wildman–Crippen LogP) is 8.04. The third kappa shape index (κ3) is 4.31. The van der Waals surface area contributed by atoms with Crippen molar-refractivity contribution in [3.8, 4) is 0 Å². The van der Waals surface area contributed by atoms with Gasteiger partial charge in [0.25, 0.3) is 0 Å². The van der Waals surface area contributed by atoms with Gasteiger partial charge in [0.1, 0.15) is 0 Å². The Morgan fingerprint density at radius 2 is 1.30 bits per heavy atom. The predicted molar refractivity (Wildman–Crippen MR) is 131 cm³/mol. The molecule has 156 valence electrons. The molecule has 0 aliphatic heterocycles. The third-order valence-electron chi connectivity index (χ3n) is 6.64. The van der Waals surface area contributed by atoms with Gasteiger partial charge in [0.15, 0.2) is 0 Å². The van der Waals surface area contributed by atoms with Crippen molar-refractivity contribution < 1.29 is 0 Å². The first-order valence-corrected chi connectivity index (χ1v) is 11.3. The van der Waals surface area contributed by atoms with Crippen LogP contribution in [0.15, 0.2) is 72.9 Å². The van der Waals surface area contributed by atoms with Gasteiger partial charge in [-0.15, -0.1) is 0 Å². The Morgan fingerprint density at radius 3 is 2.07 bits per heavy atom. The van der Waals surface area contributed by atoms with Crippen molar-refractivity contribution in [1.82, 2.24) is 4.57 Å². The lowest BCUT2D eigenvalue weighted by molar-refractivity contribution is 0.308. The largest absolute Gasteiger partial charge is 0.347 e. The summed E-state index contributed by atoms with van der Waals surface area (Å²) in [6, 6.07) is 24.4. The summed E-state index contributed by atoms with van der Waals surface area (Å²) in [7, 11) is 0. The zero-order valence-corrected chi connectivity index (χ0v) is 19.2. The molecule has 0 spiro atoms. The Bertz CT molecular complexity index is 1150. The molecule has 0 amide bonds. The summed E-state index contributed by atoms with van der Waals surface area (Å²) in [6.07, 6.45) is 5.81. The maximum atomic E-state index is 2.50. The molecule has 3 aromatic carbocycles. The summed E-state index contributed by atoms with van der Waals surface area (Å²) in [5.41, 5.74) is 4.78. The minimum absolute atomic E-state index is 0.156. The number of para-hydroxylation sites is 1. The van der Waals surface area contributed by atoms with E-state index in [0.29, 0.717) is 5.41 Å². The van der Waals surface area contributed by atoms with Crippen LogP contribution in [0.25, 0.3) is 21.7 Å². The van der Waals surface area contributed by atoms with Gasteiger partial charge in [-0.1, -0.05) is 102 Å². The molecule has 0 fully saturated rings. The monoisotopic (exact) mass is 397 g/mol. The first kappa shape index (κ1) is 20.7. The molecular formula is C29H35N. The Kier molecular flexibility index (Phi) is 5.49. The van der Waals surface area contributed by atoms with Gasteiger partial charge in [-0.05, 0) is 51.6 Å². The second-order valence-electron chi connectivity index (χ2n) is 10.5. The Hall–Kier alpha value is -2.54. The number of nitrogens with zero attached hydrogens (tertiary/aromatic N) is 1. The maximum Gasteiger partial charge on any atom is 0.0483 e. The molecule has 0 saturated heterocycles. The van der Waals surface area contributed by atoms with Crippen LogP contribution in [0, 0.1) is 10.8 Å². The smallest absolute Gasteiger partial charge is 0.0483 e. The number of hydrogen-bond acceptors (Lipinski definition) is 0. The molecular weight excluding hydrogens is 362 g/mol. The van der Waals surface area contributed by atoms with Crippen molar-refractivity contribution in [2.45, 2.75) is 60.4 Å². The Balaban J connectivity index is 1.66. The fourth-order valence-corrected chi connectivity index (χ4v) is 4.71. The highest BCUT2D eigenvalue weighted by atomic mass is 15.0. The van der Waals surface area contributed by atoms with Crippen LogP contribution in [0.1, 0.15) is 52.2 Å². The van der Waals surface area contributed by atoms with Crippen LogP contribution in [0.4, 0.5) is 0 Å². The molecule has 1 nitrogen and oxygen atoms in total. The van der Waals surface area contributed by atoms with E-state index < -0.39 is 0 Å². The van der Waals surface area contributed by atoms with Gasteiger partial charge in [-0.25, -0.2) is 0 Å². The average molecular weight is 398 g/mol. The van der Waals surface area contributed by atoms with Crippen LogP contribution >= 0.6 is 0 Å². The van der Waals surface area contributed by atoms with E-state index in [0.717, 1.165) is 19.4 Å². The summed E-state index contributed by atoms with van der Waals surface area (Å²) >= 11 is 0. The Morgan fingerprint density at radius 1 is 0.667 bits per heavy atom. The van der Waals surface area contributed by atoms with Crippen LogP contribution in [0.2, 0.25) is 0 Å². The highest BCUT2D eigenvalue weighted by Crippen LogP contribution is 2.34. The molecule has 4 rings (SSSR count). The van der Waals surface area contributed by atoms with Gasteiger partial charge in [-0.2, -0.15) is 0 Å². The first-order chi connectivity index (χ1) is 14.3. The minimum atomic E-state index is 0.156. The van der Waals surface area contributed by atoms with Gasteiger partial charge in [0.05, 0.1) is 0 Å². The van der Waals surface area contributed by atoms with E-state index in [9.17, 15) is 0 Å². The van der Waals surface area contributed by atoms with E-state index in [1.54, 1.807) is 0 Å². The standard InChI is InChI=1S/C29H35N/c1-6-28(2,3)19-24-20-30(27-17-10-9-16-26(24)27)21-29(4,5)18-23-14-11-13-22-12-7-8-15-25(22)23/h7-17,20H,6,18-19,21H2,1-5H3. The molecule has 30 heavy (non-hydrogen) atoms. The first-order valence-electron chi connectivity index (χ1n) is 11.3. The summed E-state index contributed by atoms with van der Waals surface area (Å²) in [5.74, 6) is 0. The zero-order valence-electron chi connectivity index (χ0n) is 19.2. The SMILES string of the molecule is CCC(C)(C)Cc1cn(CC(C)(C)Cc2cccc3ccccc23)c2ccccc12. The van der Waals surface area contributed by atoms with Crippen molar-refractivity contribution in [1.29, 1.82) is 0 Å². The summed E-state index contributed by atoms with van der Waals surface area (Å²) in [5, 5.41) is 4.14. The molecule has 0 N–H and O–H groups in total. The van der Waals surface area contributed by atoms with Crippen LogP contribution in [-0.2, 0) is 19.4 Å². The zero-order chi connectivity index (χ0) is 21.4. The fraction of sp³-hybridized carbons (Fsp3) is 0.379. The molecule has 0 unspecified atom stereocenters. The summed E-state index contributed by atoms with van der Waals surface area (Å²) in [6.45, 7) is 12.9. The van der Waals surface area contributed by atoms with Crippen molar-refractivity contribution in [2.24, 2.45) is 10.8 Å². The van der Waals surface area contributed by atoms with E-state index in [2.05, 4.69) is 112 Å². The molecule has 0 atom stereocenters. The van der Waals surface area contributed by atoms with Crippen LogP contribution in [0.3, 0.4) is 0 Å². The maximum absolute atomic E-state index is 2.50. The van der Waals surface area contributed by atoms with Gasteiger partial charge in [0.2, 0.25) is 0 Å². The average Bonchev–Trinajstić information content (AvgIpc) is 3.04. The van der Waals surface area contributed by atoms with E-state index in [1.807, 2.05) is 0 Å². The van der Waals surface area contributed by atoms with E-state index in [4.69, 9.17) is 0 Å². The molecule has 0 radical (unpaired) electrons. The Labute approximate surface area is 181 Å². The highest BCUT2D eigenvalue weighted by Gasteiger charge is 2.24. The van der Waals surface area contributed by atoms with E-state index >= 15 is 0 Å². The lowest BCUT2D eigenvalue weighted by Gasteiger charge is -2.27. The third-order valence-corrected chi connectivity index (χ3v) is 6.64. The molecule has 4 aromatic rings. The molecule has 1 heterocycles. The molecule has 0 aliphatic rings. The van der Waals surface area contributed by atoms with Crippen LogP contribution in [0.5, 0.6) is 0 Å². The van der Waals surface area contributed by atoms with Crippen molar-refractivity contribution in [3.05, 3.63) is 84.1 Å². The lowest BCUT2D eigenvalue weighted by Crippen LogP contribution is -2.22. The quantitative estimate of drug-likeness (QED) is 0.297. The number of fused-ring (bicyclic) bond motifs is 2. The van der Waals surface area contributed by atoms with Gasteiger partial charge in [0, 0.05) is 23.6 Å². The second kappa shape index (κ2) is 7.95. The fourth-order valence-electron chi connectivity index (χ4n) is 4.71. The highest BCUT2D eigenvalue weighted by molar-refractivity contribution is 5.86. The topological polar surface area (TPSA) is 4.93 Å². The lowest BCUT2D eigenvalue weighted by atomic mass is 9.83. The van der Waals surface area contributed by atoms with Crippen molar-refractivity contribution in [2.75, 3.05) is 0 Å². The van der Waals surface area contributed by atoms with Crippen molar-refractivity contribution >= 4 is 21.7 Å². The number of hydrogen-bond donors (Lipinski definition) is 0. The van der Waals surface area contributed by atoms with E-state index in [-0.39, 0.29) is 5.41 Å².